The molecule has 0 bridgehead atoms. The van der Waals surface area contributed by atoms with Crippen molar-refractivity contribution >= 4 is 33.9 Å². The van der Waals surface area contributed by atoms with Crippen LogP contribution < -0.4 is 15.4 Å². The second-order valence-corrected chi connectivity index (χ2v) is 11.1. The first kappa shape index (κ1) is 30.0. The third-order valence-electron chi connectivity index (χ3n) is 8.01. The van der Waals surface area contributed by atoms with Crippen molar-refractivity contribution in [2.75, 3.05) is 11.9 Å². The summed E-state index contributed by atoms with van der Waals surface area (Å²) in [6.07, 6.45) is 1.95. The molecule has 1 amide bonds. The van der Waals surface area contributed by atoms with Gasteiger partial charge in [-0.3, -0.25) is 9.36 Å². The molecule has 13 heteroatoms. The first-order valence-corrected chi connectivity index (χ1v) is 15.1. The predicted molar refractivity (Wildman–Crippen MR) is 174 cm³/mol. The van der Waals surface area contributed by atoms with Crippen molar-refractivity contribution in [1.82, 2.24) is 34.4 Å². The summed E-state index contributed by atoms with van der Waals surface area (Å²) in [6.45, 7) is 4.80. The number of benzene rings is 3. The van der Waals surface area contributed by atoms with Crippen molar-refractivity contribution in [2.45, 2.75) is 37.6 Å². The van der Waals surface area contributed by atoms with E-state index in [-0.39, 0.29) is 12.5 Å². The summed E-state index contributed by atoms with van der Waals surface area (Å²) in [5.74, 6) is 1.64. The number of para-hydroxylation sites is 1. The quantitative estimate of drug-likeness (QED) is 0.155. The molecule has 1 saturated heterocycles. The molecule has 3 aromatic heterocycles. The number of hydrogen-bond acceptors (Lipinski definition) is 10. The Morgan fingerprint density at radius 1 is 0.957 bits per heavy atom. The highest BCUT2D eigenvalue weighted by molar-refractivity contribution is 5.97. The lowest BCUT2D eigenvalue weighted by Gasteiger charge is -2.16. The highest BCUT2D eigenvalue weighted by atomic mass is 16.6. The average Bonchev–Trinajstić information content (AvgIpc) is 3.79. The van der Waals surface area contributed by atoms with Crippen molar-refractivity contribution in [3.8, 4) is 11.5 Å². The van der Waals surface area contributed by atoms with E-state index in [1.54, 1.807) is 29.1 Å². The number of carbonyl (C=O) groups is 1. The number of ether oxygens (including phenoxy) is 2. The molecule has 0 unspecified atom stereocenters. The van der Waals surface area contributed by atoms with Crippen molar-refractivity contribution in [1.29, 1.82) is 0 Å². The maximum atomic E-state index is 12.9. The Morgan fingerprint density at radius 3 is 2.57 bits per heavy atom. The van der Waals surface area contributed by atoms with Crippen LogP contribution in [0.4, 0.5) is 5.82 Å². The van der Waals surface area contributed by atoms with Crippen LogP contribution in [0.3, 0.4) is 0 Å². The average molecular weight is 633 g/mol. The molecule has 1 aliphatic rings. The number of nitrogens with one attached hydrogen (secondary N) is 2. The van der Waals surface area contributed by atoms with E-state index in [1.807, 2.05) is 65.2 Å². The van der Waals surface area contributed by atoms with Crippen molar-refractivity contribution < 1.29 is 24.5 Å². The number of aliphatic hydroxyl groups is 2. The zero-order valence-electron chi connectivity index (χ0n) is 25.2. The Labute approximate surface area is 269 Å². The van der Waals surface area contributed by atoms with E-state index < -0.39 is 24.5 Å². The lowest BCUT2D eigenvalue weighted by atomic mass is 10.1. The summed E-state index contributed by atoms with van der Waals surface area (Å²) in [6, 6.07) is 22.5. The first-order chi connectivity index (χ1) is 23.0. The van der Waals surface area contributed by atoms with Crippen LogP contribution in [0.1, 0.15) is 22.1 Å². The predicted octanol–water partition coefficient (Wildman–Crippen LogP) is 3.82. The van der Waals surface area contributed by atoms with E-state index >= 15 is 0 Å². The highest BCUT2D eigenvalue weighted by Gasteiger charge is 2.44. The van der Waals surface area contributed by atoms with Crippen LogP contribution in [0.5, 0.6) is 11.5 Å². The zero-order chi connectivity index (χ0) is 32.3. The van der Waals surface area contributed by atoms with Crippen LogP contribution in [-0.4, -0.2) is 70.0 Å². The third kappa shape index (κ3) is 6.14. The van der Waals surface area contributed by atoms with Gasteiger partial charge in [0.05, 0.1) is 23.7 Å². The van der Waals surface area contributed by atoms with Crippen LogP contribution in [-0.2, 0) is 17.8 Å². The second kappa shape index (κ2) is 13.0. The molecule has 0 radical (unpaired) electrons. The molecule has 3 aromatic carbocycles. The van der Waals surface area contributed by atoms with Crippen LogP contribution in [0, 0.1) is 0 Å². The summed E-state index contributed by atoms with van der Waals surface area (Å²) in [4.78, 5) is 30.5. The number of imidazole rings is 2. The maximum absolute atomic E-state index is 12.9. The Balaban J connectivity index is 0.989. The number of hydrogen-bond donors (Lipinski definition) is 4. The Bertz CT molecular complexity index is 2030. The molecule has 13 nitrogen and oxygen atoms in total. The summed E-state index contributed by atoms with van der Waals surface area (Å²) >= 11 is 0. The lowest BCUT2D eigenvalue weighted by molar-refractivity contribution is -0.0337. The number of amides is 1. The fourth-order valence-corrected chi connectivity index (χ4v) is 5.57. The normalized spacial score (nSPS) is 19.2. The van der Waals surface area contributed by atoms with Gasteiger partial charge in [0, 0.05) is 25.2 Å². The van der Waals surface area contributed by atoms with Crippen molar-refractivity contribution in [3.05, 3.63) is 116 Å². The maximum Gasteiger partial charge on any atom is 0.251 e. The van der Waals surface area contributed by atoms with E-state index in [9.17, 15) is 15.0 Å². The minimum absolute atomic E-state index is 0.0277. The van der Waals surface area contributed by atoms with Gasteiger partial charge in [-0.1, -0.05) is 36.4 Å². The van der Waals surface area contributed by atoms with Crippen LogP contribution >= 0.6 is 0 Å². The SMILES string of the molecule is C=CCn1cnc2cc(C(=O)NC[C@H]3O[C@@H](n4cnc5c(NCc6ccc(Oc7ccccc7)cc6)ncnc54)[C@H](O)[C@@H]3O)ccc21. The number of rotatable bonds is 11. The summed E-state index contributed by atoms with van der Waals surface area (Å²) in [5, 5.41) is 27.8. The number of carbonyl (C=O) groups excluding carboxylic acids is 1. The fourth-order valence-electron chi connectivity index (χ4n) is 5.57. The minimum Gasteiger partial charge on any atom is -0.457 e. The molecular formula is C34H32N8O5. The Hall–Kier alpha value is -5.63. The molecule has 0 spiro atoms. The number of nitrogens with zero attached hydrogens (tertiary/aromatic N) is 6. The molecule has 4 N–H and O–H groups in total. The topological polar surface area (TPSA) is 161 Å². The lowest BCUT2D eigenvalue weighted by Crippen LogP contribution is -2.39. The van der Waals surface area contributed by atoms with Gasteiger partial charge in [-0.15, -0.1) is 6.58 Å². The smallest absolute Gasteiger partial charge is 0.251 e. The van der Waals surface area contributed by atoms with Gasteiger partial charge in [0.15, 0.2) is 23.2 Å². The molecule has 1 aliphatic heterocycles. The van der Waals surface area contributed by atoms with Crippen molar-refractivity contribution in [2.24, 2.45) is 0 Å². The molecule has 47 heavy (non-hydrogen) atoms. The number of aliphatic hydroxyl groups excluding tert-OH is 2. The largest absolute Gasteiger partial charge is 0.457 e. The molecule has 4 heterocycles. The number of fused-ring (bicyclic) bond motifs is 2. The van der Waals surface area contributed by atoms with Gasteiger partial charge < -0.3 is 34.9 Å². The molecule has 7 rings (SSSR count). The van der Waals surface area contributed by atoms with E-state index in [4.69, 9.17) is 9.47 Å². The van der Waals surface area contributed by atoms with Gasteiger partial charge >= 0.3 is 0 Å². The van der Waals surface area contributed by atoms with Gasteiger partial charge in [-0.25, -0.2) is 19.9 Å². The fraction of sp³-hybridized carbons (Fsp3) is 0.206. The van der Waals surface area contributed by atoms with Crippen LogP contribution in [0.15, 0.2) is 104 Å². The van der Waals surface area contributed by atoms with E-state index in [0.29, 0.717) is 41.2 Å². The van der Waals surface area contributed by atoms with Gasteiger partial charge in [0.2, 0.25) is 0 Å². The minimum atomic E-state index is -1.29. The molecular weight excluding hydrogens is 600 g/mol. The summed E-state index contributed by atoms with van der Waals surface area (Å²) in [5.41, 5.74) is 3.88. The van der Waals surface area contributed by atoms with Gasteiger partial charge in [-0.2, -0.15) is 0 Å². The second-order valence-electron chi connectivity index (χ2n) is 11.1. The molecule has 238 valence electrons. The number of aromatic nitrogens is 6. The van der Waals surface area contributed by atoms with Gasteiger partial charge in [-0.05, 0) is 48.0 Å². The number of allylic oxidation sites excluding steroid dienone is 1. The highest BCUT2D eigenvalue weighted by Crippen LogP contribution is 2.32. The van der Waals surface area contributed by atoms with E-state index in [2.05, 4.69) is 37.1 Å². The van der Waals surface area contributed by atoms with E-state index in [0.717, 1.165) is 22.6 Å². The van der Waals surface area contributed by atoms with Crippen LogP contribution in [0.25, 0.3) is 22.2 Å². The molecule has 0 saturated carbocycles. The van der Waals surface area contributed by atoms with Gasteiger partial charge in [0.25, 0.3) is 5.91 Å². The monoisotopic (exact) mass is 632 g/mol. The molecule has 6 aromatic rings. The Kier molecular flexibility index (Phi) is 8.31. The van der Waals surface area contributed by atoms with Crippen LogP contribution in [0.2, 0.25) is 0 Å². The standard InChI is InChI=1S/C34H32N8O5/c1-2-14-41-19-39-25-15-22(10-13-26(25)41)33(45)36-17-27-29(43)30(44)34(47-27)42-20-40-28-31(37-18-38-32(28)42)35-16-21-8-11-24(12-9-21)46-23-6-4-3-5-7-23/h2-13,15,18-20,27,29-30,34,43-44H,1,14,16-17H2,(H,36,45)(H,35,37,38)/t27-,29-,30-,34-/m1/s1. The molecule has 4 atom stereocenters. The van der Waals surface area contributed by atoms with Gasteiger partial charge in [0.1, 0.15) is 36.1 Å². The molecule has 1 fully saturated rings. The third-order valence-corrected chi connectivity index (χ3v) is 8.01. The zero-order valence-corrected chi connectivity index (χ0v) is 25.2. The summed E-state index contributed by atoms with van der Waals surface area (Å²) < 4.78 is 15.4. The molecule has 0 aliphatic carbocycles. The Morgan fingerprint density at radius 2 is 1.77 bits per heavy atom. The van der Waals surface area contributed by atoms with Crippen molar-refractivity contribution in [3.63, 3.8) is 0 Å². The first-order valence-electron chi connectivity index (χ1n) is 15.1. The van der Waals surface area contributed by atoms with E-state index in [1.165, 1.54) is 12.7 Å². The number of anilines is 1. The summed E-state index contributed by atoms with van der Waals surface area (Å²) in [7, 11) is 0.